The third-order valence-electron chi connectivity index (χ3n) is 3.11. The number of rotatable bonds is 4. The lowest BCUT2D eigenvalue weighted by Gasteiger charge is -2.17. The van der Waals surface area contributed by atoms with Gasteiger partial charge in [-0.3, -0.25) is 0 Å². The second kappa shape index (κ2) is 6.50. The summed E-state index contributed by atoms with van der Waals surface area (Å²) in [6, 6.07) is 0.389. The Balaban J connectivity index is 1.91. The van der Waals surface area contributed by atoms with Crippen LogP contribution in [0.2, 0.25) is 0 Å². The Labute approximate surface area is 114 Å². The summed E-state index contributed by atoms with van der Waals surface area (Å²) in [5.41, 5.74) is 0. The predicted octanol–water partition coefficient (Wildman–Crippen LogP) is 3.90. The highest BCUT2D eigenvalue weighted by molar-refractivity contribution is 5.61. The van der Waals surface area contributed by atoms with Crippen molar-refractivity contribution in [1.29, 1.82) is 0 Å². The quantitative estimate of drug-likeness (QED) is 0.762. The van der Waals surface area contributed by atoms with Gasteiger partial charge in [0.25, 0.3) is 0 Å². The zero-order valence-corrected chi connectivity index (χ0v) is 11.5. The smallest absolute Gasteiger partial charge is 0.122 e. The molecule has 2 aliphatic rings. The van der Waals surface area contributed by atoms with E-state index in [-0.39, 0.29) is 5.83 Å². The van der Waals surface area contributed by atoms with Crippen LogP contribution in [0.3, 0.4) is 0 Å². The summed E-state index contributed by atoms with van der Waals surface area (Å²) in [5.74, 6) is 1.51. The first-order valence-corrected chi connectivity index (χ1v) is 6.86. The van der Waals surface area contributed by atoms with Crippen molar-refractivity contribution in [3.05, 3.63) is 48.1 Å². The molecule has 0 bridgehead atoms. The van der Waals surface area contributed by atoms with Gasteiger partial charge in [0.1, 0.15) is 11.6 Å². The second-order valence-electron chi connectivity index (χ2n) is 5.29. The Kier molecular flexibility index (Phi) is 4.72. The molecule has 0 aromatic carbocycles. The number of aliphatic imine (C=N–C) groups is 1. The zero-order valence-electron chi connectivity index (χ0n) is 11.5. The third-order valence-corrected chi connectivity index (χ3v) is 3.11. The molecule has 0 saturated carbocycles. The van der Waals surface area contributed by atoms with Crippen LogP contribution < -0.4 is 5.32 Å². The van der Waals surface area contributed by atoms with E-state index in [0.717, 1.165) is 18.7 Å². The summed E-state index contributed by atoms with van der Waals surface area (Å²) < 4.78 is 12.8. The molecule has 1 aliphatic carbocycles. The number of nitrogens with zero attached hydrogens (tertiary/aromatic N) is 1. The predicted molar refractivity (Wildman–Crippen MR) is 78.5 cm³/mol. The van der Waals surface area contributed by atoms with Gasteiger partial charge in [-0.2, -0.15) is 0 Å². The van der Waals surface area contributed by atoms with Crippen molar-refractivity contribution in [2.45, 2.75) is 32.7 Å². The van der Waals surface area contributed by atoms with Crippen LogP contribution >= 0.6 is 0 Å². The Bertz CT molecular complexity index is 455. The van der Waals surface area contributed by atoms with Crippen molar-refractivity contribution in [2.75, 3.05) is 0 Å². The van der Waals surface area contributed by atoms with Gasteiger partial charge in [-0.15, -0.1) is 0 Å². The Morgan fingerprint density at radius 2 is 2.11 bits per heavy atom. The summed E-state index contributed by atoms with van der Waals surface area (Å²) in [7, 11) is 0. The van der Waals surface area contributed by atoms with Crippen LogP contribution in [0.4, 0.5) is 4.39 Å². The van der Waals surface area contributed by atoms with Crippen LogP contribution in [0.25, 0.3) is 0 Å². The first-order chi connectivity index (χ1) is 9.13. The number of hydrogen-bond acceptors (Lipinski definition) is 2. The second-order valence-corrected chi connectivity index (χ2v) is 5.29. The maximum atomic E-state index is 12.8. The van der Waals surface area contributed by atoms with E-state index in [1.54, 1.807) is 12.2 Å². The van der Waals surface area contributed by atoms with Crippen molar-refractivity contribution in [3.63, 3.8) is 0 Å². The molecule has 2 unspecified atom stereocenters. The molecule has 0 fully saturated rings. The molecule has 102 valence electrons. The highest BCUT2D eigenvalue weighted by Crippen LogP contribution is 2.21. The fourth-order valence-electron chi connectivity index (χ4n) is 2.14. The first kappa shape index (κ1) is 13.8. The van der Waals surface area contributed by atoms with Crippen LogP contribution in [0.1, 0.15) is 26.7 Å². The van der Waals surface area contributed by atoms with Gasteiger partial charge in [0, 0.05) is 18.2 Å². The summed E-state index contributed by atoms with van der Waals surface area (Å²) >= 11 is 0. The van der Waals surface area contributed by atoms with E-state index in [1.807, 2.05) is 12.3 Å². The van der Waals surface area contributed by atoms with Gasteiger partial charge in [0.05, 0.1) is 0 Å². The van der Waals surface area contributed by atoms with E-state index >= 15 is 0 Å². The molecule has 0 amide bonds. The molecular weight excluding hydrogens is 239 g/mol. The van der Waals surface area contributed by atoms with E-state index in [9.17, 15) is 4.39 Å². The minimum atomic E-state index is -0.127. The van der Waals surface area contributed by atoms with Gasteiger partial charge in [-0.05, 0) is 50.8 Å². The summed E-state index contributed by atoms with van der Waals surface area (Å²) in [4.78, 5) is 4.34. The number of nitrogens with one attached hydrogen (secondary N) is 1. The molecule has 0 aromatic rings. The van der Waals surface area contributed by atoms with E-state index in [4.69, 9.17) is 0 Å². The first-order valence-electron chi connectivity index (χ1n) is 6.86. The molecule has 2 rings (SSSR count). The Hall–Kier alpha value is -1.64. The normalized spacial score (nSPS) is 26.7. The van der Waals surface area contributed by atoms with E-state index < -0.39 is 0 Å². The van der Waals surface area contributed by atoms with Gasteiger partial charge >= 0.3 is 0 Å². The fourth-order valence-corrected chi connectivity index (χ4v) is 2.14. The van der Waals surface area contributed by atoms with Crippen molar-refractivity contribution in [3.8, 4) is 0 Å². The van der Waals surface area contributed by atoms with Crippen molar-refractivity contribution < 1.29 is 4.39 Å². The van der Waals surface area contributed by atoms with E-state index in [1.165, 1.54) is 0 Å². The minimum absolute atomic E-state index is 0.127. The van der Waals surface area contributed by atoms with Crippen LogP contribution in [0.5, 0.6) is 0 Å². The maximum absolute atomic E-state index is 12.8. The molecule has 0 spiro atoms. The number of hydrogen-bond donors (Lipinski definition) is 1. The lowest BCUT2D eigenvalue weighted by atomic mass is 9.96. The van der Waals surface area contributed by atoms with E-state index in [0.29, 0.717) is 17.9 Å². The summed E-state index contributed by atoms with van der Waals surface area (Å²) in [6.45, 7) is 4.20. The van der Waals surface area contributed by atoms with Crippen molar-refractivity contribution >= 4 is 6.21 Å². The molecule has 19 heavy (non-hydrogen) atoms. The molecule has 0 radical (unpaired) electrons. The SMILES string of the molecule is CC(C)NC1=CC(/C=C\C2C=CC(F)=CC2)CC=N1. The molecular formula is C16H21FN2. The largest absolute Gasteiger partial charge is 0.368 e. The Morgan fingerprint density at radius 1 is 1.32 bits per heavy atom. The summed E-state index contributed by atoms with van der Waals surface area (Å²) in [5, 5.41) is 3.31. The topological polar surface area (TPSA) is 24.4 Å². The highest BCUT2D eigenvalue weighted by Gasteiger charge is 2.10. The van der Waals surface area contributed by atoms with Crippen molar-refractivity contribution in [1.82, 2.24) is 5.32 Å². The Morgan fingerprint density at radius 3 is 2.79 bits per heavy atom. The van der Waals surface area contributed by atoms with Gasteiger partial charge in [0.15, 0.2) is 0 Å². The monoisotopic (exact) mass is 260 g/mol. The molecule has 0 saturated heterocycles. The molecule has 2 atom stereocenters. The molecule has 2 nitrogen and oxygen atoms in total. The lowest BCUT2D eigenvalue weighted by molar-refractivity contribution is 0.636. The maximum Gasteiger partial charge on any atom is 0.122 e. The van der Waals surface area contributed by atoms with Crippen LogP contribution in [-0.2, 0) is 0 Å². The average molecular weight is 260 g/mol. The molecule has 1 heterocycles. The molecule has 1 aliphatic heterocycles. The molecule has 1 N–H and O–H groups in total. The minimum Gasteiger partial charge on any atom is -0.368 e. The van der Waals surface area contributed by atoms with Crippen LogP contribution in [-0.4, -0.2) is 12.3 Å². The summed E-state index contributed by atoms with van der Waals surface area (Å²) in [6.07, 6.45) is 15.2. The molecule has 3 heteroatoms. The highest BCUT2D eigenvalue weighted by atomic mass is 19.1. The third kappa shape index (κ3) is 4.51. The number of allylic oxidation sites excluding steroid dienone is 7. The zero-order chi connectivity index (χ0) is 13.7. The van der Waals surface area contributed by atoms with Gasteiger partial charge < -0.3 is 5.32 Å². The lowest BCUT2D eigenvalue weighted by Crippen LogP contribution is -2.23. The number of halogens is 1. The average Bonchev–Trinajstić information content (AvgIpc) is 2.38. The van der Waals surface area contributed by atoms with Gasteiger partial charge in [0.2, 0.25) is 0 Å². The van der Waals surface area contributed by atoms with Crippen molar-refractivity contribution in [2.24, 2.45) is 16.8 Å². The van der Waals surface area contributed by atoms with Gasteiger partial charge in [-0.1, -0.05) is 18.2 Å². The standard InChI is InChI=1S/C16H21FN2/c1-12(2)19-16-11-14(9-10-18-16)4-3-13-5-7-15(17)8-6-13/h3-5,7-8,10-14,19H,6,9H2,1-2H3/b4-3-. The van der Waals surface area contributed by atoms with Gasteiger partial charge in [-0.25, -0.2) is 9.38 Å². The van der Waals surface area contributed by atoms with Crippen LogP contribution in [0.15, 0.2) is 53.1 Å². The molecule has 0 aromatic heterocycles. The van der Waals surface area contributed by atoms with E-state index in [2.05, 4.69) is 42.4 Å². The van der Waals surface area contributed by atoms with Crippen LogP contribution in [0, 0.1) is 11.8 Å². The fraction of sp³-hybridized carbons (Fsp3) is 0.438.